The van der Waals surface area contributed by atoms with Crippen molar-refractivity contribution in [2.75, 3.05) is 6.61 Å². The number of hydrogen-bond donors (Lipinski definition) is 0. The molecule has 80 valence electrons. The quantitative estimate of drug-likeness (QED) is 0.693. The lowest BCUT2D eigenvalue weighted by Crippen LogP contribution is -2.23. The average molecular weight is 197 g/mol. The fraction of sp³-hybridized carbons (Fsp3) is 0.800. The van der Waals surface area contributed by atoms with E-state index in [1.807, 2.05) is 4.57 Å². The Morgan fingerprint density at radius 2 is 2.14 bits per heavy atom. The van der Waals surface area contributed by atoms with Crippen molar-refractivity contribution in [2.45, 2.75) is 46.3 Å². The van der Waals surface area contributed by atoms with Gasteiger partial charge in [-0.25, -0.2) is 0 Å². The molecule has 0 aromatic carbocycles. The molecule has 1 heterocycles. The van der Waals surface area contributed by atoms with Gasteiger partial charge in [0, 0.05) is 12.1 Å². The van der Waals surface area contributed by atoms with Gasteiger partial charge in [0.05, 0.1) is 0 Å². The van der Waals surface area contributed by atoms with Crippen LogP contribution in [-0.2, 0) is 16.9 Å². The highest BCUT2D eigenvalue weighted by molar-refractivity contribution is 4.90. The molecule has 0 saturated heterocycles. The summed E-state index contributed by atoms with van der Waals surface area (Å²) in [5.74, 6) is 0.894. The molecule has 0 aliphatic rings. The Kier molecular flexibility index (Phi) is 3.63. The van der Waals surface area contributed by atoms with Crippen molar-refractivity contribution in [3.8, 4) is 0 Å². The maximum absolute atomic E-state index is 5.44. The van der Waals surface area contributed by atoms with Gasteiger partial charge in [0.1, 0.15) is 12.9 Å². The predicted octanol–water partition coefficient (Wildman–Crippen LogP) is 1.96. The van der Waals surface area contributed by atoms with Gasteiger partial charge in [-0.1, -0.05) is 6.92 Å². The highest BCUT2D eigenvalue weighted by atomic mass is 16.5. The number of ether oxygens (including phenoxy) is 1. The molecule has 0 N–H and O–H groups in total. The van der Waals surface area contributed by atoms with E-state index in [-0.39, 0.29) is 5.54 Å². The molecule has 0 saturated carbocycles. The Morgan fingerprint density at radius 1 is 1.43 bits per heavy atom. The summed E-state index contributed by atoms with van der Waals surface area (Å²) >= 11 is 0. The minimum absolute atomic E-state index is 0.0222. The van der Waals surface area contributed by atoms with Crippen LogP contribution in [0.15, 0.2) is 6.33 Å². The Labute approximate surface area is 85.3 Å². The Bertz CT molecular complexity index is 275. The van der Waals surface area contributed by atoms with Crippen LogP contribution in [0.3, 0.4) is 0 Å². The van der Waals surface area contributed by atoms with Crippen LogP contribution < -0.4 is 0 Å². The second-order valence-corrected chi connectivity index (χ2v) is 4.34. The van der Waals surface area contributed by atoms with Crippen LogP contribution in [0.2, 0.25) is 0 Å². The maximum Gasteiger partial charge on any atom is 0.159 e. The molecule has 0 bridgehead atoms. The third-order valence-electron chi connectivity index (χ3n) is 1.92. The number of aromatic nitrogens is 3. The molecule has 0 unspecified atom stereocenters. The summed E-state index contributed by atoms with van der Waals surface area (Å²) in [5.41, 5.74) is 0.0222. The monoisotopic (exact) mass is 197 g/mol. The molecule has 0 amide bonds. The molecular weight excluding hydrogens is 178 g/mol. The lowest BCUT2D eigenvalue weighted by molar-refractivity contribution is 0.110. The van der Waals surface area contributed by atoms with Gasteiger partial charge in [-0.15, -0.1) is 10.2 Å². The summed E-state index contributed by atoms with van der Waals surface area (Å²) in [7, 11) is 0. The first kappa shape index (κ1) is 11.2. The van der Waals surface area contributed by atoms with Crippen LogP contribution in [0.25, 0.3) is 0 Å². The first-order valence-corrected chi connectivity index (χ1v) is 5.03. The molecule has 0 spiro atoms. The number of rotatable bonds is 4. The largest absolute Gasteiger partial charge is 0.373 e. The Hall–Kier alpha value is -0.900. The van der Waals surface area contributed by atoms with Crippen LogP contribution in [-0.4, -0.2) is 21.4 Å². The zero-order valence-corrected chi connectivity index (χ0v) is 9.45. The smallest absolute Gasteiger partial charge is 0.159 e. The summed E-state index contributed by atoms with van der Waals surface area (Å²) in [4.78, 5) is 0. The highest BCUT2D eigenvalue weighted by Crippen LogP contribution is 2.15. The molecule has 1 aromatic heterocycles. The van der Waals surface area contributed by atoms with Gasteiger partial charge >= 0.3 is 0 Å². The molecule has 1 aromatic rings. The van der Waals surface area contributed by atoms with Gasteiger partial charge in [-0.05, 0) is 27.2 Å². The second kappa shape index (κ2) is 4.55. The third kappa shape index (κ3) is 2.80. The highest BCUT2D eigenvalue weighted by Gasteiger charge is 2.17. The van der Waals surface area contributed by atoms with E-state index < -0.39 is 0 Å². The SMILES string of the molecule is CCCOCc1nncn1C(C)(C)C. The molecule has 14 heavy (non-hydrogen) atoms. The zero-order valence-electron chi connectivity index (χ0n) is 9.45. The topological polar surface area (TPSA) is 39.9 Å². The second-order valence-electron chi connectivity index (χ2n) is 4.34. The molecule has 1 rings (SSSR count). The van der Waals surface area contributed by atoms with Crippen LogP contribution in [0.1, 0.15) is 39.9 Å². The van der Waals surface area contributed by atoms with Crippen LogP contribution >= 0.6 is 0 Å². The molecular formula is C10H19N3O. The zero-order chi connectivity index (χ0) is 10.6. The fourth-order valence-corrected chi connectivity index (χ4v) is 1.23. The summed E-state index contributed by atoms with van der Waals surface area (Å²) in [6.07, 6.45) is 2.79. The molecule has 0 aliphatic heterocycles. The standard InChI is InChI=1S/C10H19N3O/c1-5-6-14-7-9-12-11-8-13(9)10(2,3)4/h8H,5-7H2,1-4H3. The molecule has 0 atom stereocenters. The van der Waals surface area contributed by atoms with E-state index in [9.17, 15) is 0 Å². The summed E-state index contributed by atoms with van der Waals surface area (Å²) in [5, 5.41) is 7.94. The van der Waals surface area contributed by atoms with E-state index in [1.54, 1.807) is 6.33 Å². The van der Waals surface area contributed by atoms with Crippen molar-refractivity contribution in [2.24, 2.45) is 0 Å². The van der Waals surface area contributed by atoms with Crippen molar-refractivity contribution in [3.63, 3.8) is 0 Å². The summed E-state index contributed by atoms with van der Waals surface area (Å²) < 4.78 is 7.48. The van der Waals surface area contributed by atoms with E-state index in [0.717, 1.165) is 18.9 Å². The molecule has 4 nitrogen and oxygen atoms in total. The van der Waals surface area contributed by atoms with Crippen molar-refractivity contribution >= 4 is 0 Å². The molecule has 0 fully saturated rings. The first-order chi connectivity index (χ1) is 6.55. The van der Waals surface area contributed by atoms with Crippen molar-refractivity contribution in [1.29, 1.82) is 0 Å². The third-order valence-corrected chi connectivity index (χ3v) is 1.92. The lowest BCUT2D eigenvalue weighted by atomic mass is 10.1. The van der Waals surface area contributed by atoms with Gasteiger partial charge in [-0.3, -0.25) is 0 Å². The minimum Gasteiger partial charge on any atom is -0.373 e. The van der Waals surface area contributed by atoms with Gasteiger partial charge in [0.2, 0.25) is 0 Å². The normalized spacial score (nSPS) is 12.0. The fourth-order valence-electron chi connectivity index (χ4n) is 1.23. The van der Waals surface area contributed by atoms with Crippen LogP contribution in [0.5, 0.6) is 0 Å². The Balaban J connectivity index is 2.63. The van der Waals surface area contributed by atoms with Gasteiger partial charge in [-0.2, -0.15) is 0 Å². The Morgan fingerprint density at radius 3 is 2.71 bits per heavy atom. The average Bonchev–Trinajstić information content (AvgIpc) is 2.52. The van der Waals surface area contributed by atoms with E-state index >= 15 is 0 Å². The number of nitrogens with zero attached hydrogens (tertiary/aromatic N) is 3. The minimum atomic E-state index is 0.0222. The van der Waals surface area contributed by atoms with E-state index in [4.69, 9.17) is 4.74 Å². The predicted molar refractivity (Wildman–Crippen MR) is 55.0 cm³/mol. The first-order valence-electron chi connectivity index (χ1n) is 5.03. The lowest BCUT2D eigenvalue weighted by Gasteiger charge is -2.22. The van der Waals surface area contributed by atoms with Gasteiger partial charge < -0.3 is 9.30 Å². The van der Waals surface area contributed by atoms with E-state index in [0.29, 0.717) is 6.61 Å². The van der Waals surface area contributed by atoms with Crippen molar-refractivity contribution in [1.82, 2.24) is 14.8 Å². The molecule has 0 radical (unpaired) electrons. The number of hydrogen-bond acceptors (Lipinski definition) is 3. The molecule has 4 heteroatoms. The van der Waals surface area contributed by atoms with E-state index in [1.165, 1.54) is 0 Å². The van der Waals surface area contributed by atoms with Crippen LogP contribution in [0.4, 0.5) is 0 Å². The summed E-state index contributed by atoms with van der Waals surface area (Å²) in [6.45, 7) is 9.79. The van der Waals surface area contributed by atoms with Gasteiger partial charge in [0.25, 0.3) is 0 Å². The summed E-state index contributed by atoms with van der Waals surface area (Å²) in [6, 6.07) is 0. The van der Waals surface area contributed by atoms with Crippen LogP contribution in [0, 0.1) is 0 Å². The molecule has 0 aliphatic carbocycles. The van der Waals surface area contributed by atoms with Crippen molar-refractivity contribution in [3.05, 3.63) is 12.2 Å². The van der Waals surface area contributed by atoms with E-state index in [2.05, 4.69) is 37.9 Å². The van der Waals surface area contributed by atoms with Gasteiger partial charge in [0.15, 0.2) is 5.82 Å². The maximum atomic E-state index is 5.44. The van der Waals surface area contributed by atoms with Crippen molar-refractivity contribution < 1.29 is 4.74 Å².